The van der Waals surface area contributed by atoms with Gasteiger partial charge in [0.05, 0.1) is 30.6 Å². The van der Waals surface area contributed by atoms with Gasteiger partial charge in [-0.3, -0.25) is 14.2 Å². The van der Waals surface area contributed by atoms with Crippen molar-refractivity contribution in [3.8, 4) is 5.75 Å². The Morgan fingerprint density at radius 3 is 2.64 bits per heavy atom. The molecule has 1 aliphatic heterocycles. The Hall–Kier alpha value is -4.15. The van der Waals surface area contributed by atoms with Crippen molar-refractivity contribution in [1.82, 2.24) is 19.8 Å². The highest BCUT2D eigenvalue weighted by Crippen LogP contribution is 2.61. The van der Waals surface area contributed by atoms with Crippen LogP contribution in [0.5, 0.6) is 5.75 Å². The van der Waals surface area contributed by atoms with Gasteiger partial charge in [-0.15, -0.1) is 0 Å². The lowest BCUT2D eigenvalue weighted by atomic mass is 9.45. The van der Waals surface area contributed by atoms with Crippen LogP contribution >= 0.6 is 0 Å². The molecular weight excluding hydrogens is 597 g/mol. The molecule has 4 saturated carbocycles. The molecule has 1 amide bonds. The molecule has 1 aromatic heterocycles. The molecule has 2 heterocycles. The number of carbonyl (C=O) groups is 1. The van der Waals surface area contributed by atoms with Gasteiger partial charge in [0.15, 0.2) is 5.96 Å². The number of halogens is 1. The molecule has 2 aromatic carbocycles. The predicted octanol–water partition coefficient (Wildman–Crippen LogP) is 5.02. The summed E-state index contributed by atoms with van der Waals surface area (Å²) in [6.45, 7) is 10.3. The van der Waals surface area contributed by atoms with Crippen molar-refractivity contribution < 1.29 is 13.9 Å². The number of amides is 1. The lowest BCUT2D eigenvalue weighted by Crippen LogP contribution is -2.58. The third-order valence-electron chi connectivity index (χ3n) is 11.1. The number of aromatic nitrogens is 2. The maximum atomic E-state index is 14.7. The number of methoxy groups -OCH3 is 1. The molecule has 4 aliphatic carbocycles. The number of nitrogens with zero attached hydrogens (tertiary/aromatic N) is 4. The third kappa shape index (κ3) is 6.16. The van der Waals surface area contributed by atoms with Crippen molar-refractivity contribution in [3.63, 3.8) is 0 Å². The molecule has 2 bridgehead atoms. The van der Waals surface area contributed by atoms with E-state index in [4.69, 9.17) is 14.7 Å². The summed E-state index contributed by atoms with van der Waals surface area (Å²) >= 11 is 0. The van der Waals surface area contributed by atoms with Gasteiger partial charge in [-0.2, -0.15) is 0 Å². The highest BCUT2D eigenvalue weighted by molar-refractivity contribution is 5.98. The third-order valence-corrected chi connectivity index (χ3v) is 11.1. The molecule has 5 aliphatic rings. The first-order valence-electron chi connectivity index (χ1n) is 17.0. The Labute approximate surface area is 275 Å². The molecule has 10 nitrogen and oxygen atoms in total. The lowest BCUT2D eigenvalue weighted by molar-refractivity contribution is -0.124. The number of rotatable bonds is 8. The van der Waals surface area contributed by atoms with Gasteiger partial charge in [0, 0.05) is 36.9 Å². The fourth-order valence-corrected chi connectivity index (χ4v) is 7.98. The van der Waals surface area contributed by atoms with Gasteiger partial charge in [0.1, 0.15) is 11.6 Å². The van der Waals surface area contributed by atoms with E-state index in [-0.39, 0.29) is 48.5 Å². The highest BCUT2D eigenvalue weighted by Gasteiger charge is 2.56. The summed E-state index contributed by atoms with van der Waals surface area (Å²) in [5.41, 5.74) is 2.01. The number of piperazine rings is 1. The van der Waals surface area contributed by atoms with Crippen molar-refractivity contribution in [3.05, 3.63) is 58.1 Å². The summed E-state index contributed by atoms with van der Waals surface area (Å²) in [6, 6.07) is 10.8. The van der Waals surface area contributed by atoms with E-state index >= 15 is 0 Å². The average Bonchev–Trinajstić information content (AvgIpc) is 3.85. The summed E-state index contributed by atoms with van der Waals surface area (Å²) < 4.78 is 21.5. The van der Waals surface area contributed by atoms with Crippen LogP contribution in [0.2, 0.25) is 0 Å². The molecule has 5 fully saturated rings. The minimum absolute atomic E-state index is 0.00134. The number of fused-ring (bicyclic) bond motifs is 3. The SMILES string of the molecule is COc1ccc(CCn2c(NC3CC3)nc3cc(NC(=N[C@H]4C[C@@H]5C[C@@H]([C@H]4C)C5(C)C)N4CC(=O)N[C@@H](C)C4)ccc3c2=O)c(F)c1. The highest BCUT2D eigenvalue weighted by atomic mass is 19.1. The number of hydrogen-bond acceptors (Lipinski definition) is 6. The Morgan fingerprint density at radius 2 is 1.96 bits per heavy atom. The number of benzene rings is 2. The van der Waals surface area contributed by atoms with E-state index in [1.54, 1.807) is 22.8 Å². The van der Waals surface area contributed by atoms with E-state index < -0.39 is 0 Å². The minimum Gasteiger partial charge on any atom is -0.497 e. The molecule has 47 heavy (non-hydrogen) atoms. The average molecular weight is 644 g/mol. The smallest absolute Gasteiger partial charge is 0.262 e. The van der Waals surface area contributed by atoms with E-state index in [1.807, 2.05) is 24.0 Å². The molecule has 3 aromatic rings. The molecule has 8 rings (SSSR count). The number of carbonyl (C=O) groups excluding carboxylic acids is 1. The molecule has 11 heteroatoms. The van der Waals surface area contributed by atoms with Gasteiger partial charge >= 0.3 is 0 Å². The molecule has 3 N–H and O–H groups in total. The number of hydrogen-bond donors (Lipinski definition) is 3. The molecule has 5 atom stereocenters. The minimum atomic E-state index is -0.361. The van der Waals surface area contributed by atoms with E-state index in [1.165, 1.54) is 19.6 Å². The second-order valence-corrected chi connectivity index (χ2v) is 14.7. The van der Waals surface area contributed by atoms with Gasteiger partial charge in [0.25, 0.3) is 5.56 Å². The van der Waals surface area contributed by atoms with Crippen molar-refractivity contribution in [2.75, 3.05) is 30.8 Å². The fraction of sp³-hybridized carbons (Fsp3) is 0.556. The standard InChI is InChI=1S/C36H46FN7O3/c1-20-18-43(19-32(45)38-20)34(41-30-15-23-14-28(21(30)2)36(23,3)4)40-25-9-11-27-31(16-25)42-35(39-24-7-8-24)44(33(27)46)13-12-22-6-10-26(47-5)17-29(22)37/h6,9-11,16-17,20-21,23-24,28,30H,7-8,12-15,18-19H2,1-5H3,(H,38,45)(H,39,42)(H,40,41)/t20-,21+,23-,28-,30-/m0/s1. The zero-order valence-corrected chi connectivity index (χ0v) is 28.0. The molecule has 1 saturated heterocycles. The maximum absolute atomic E-state index is 14.7. The van der Waals surface area contributed by atoms with Gasteiger partial charge in [-0.25, -0.2) is 14.4 Å². The summed E-state index contributed by atoms with van der Waals surface area (Å²) in [6.07, 6.45) is 4.68. The van der Waals surface area contributed by atoms with Crippen molar-refractivity contribution in [2.45, 2.75) is 84.5 Å². The van der Waals surface area contributed by atoms with Gasteiger partial charge in [-0.1, -0.05) is 26.8 Å². The van der Waals surface area contributed by atoms with Crippen LogP contribution in [0.1, 0.15) is 58.9 Å². The Bertz CT molecular complexity index is 1780. The van der Waals surface area contributed by atoms with E-state index in [9.17, 15) is 14.0 Å². The zero-order chi connectivity index (χ0) is 33.0. The number of guanidine groups is 1. The monoisotopic (exact) mass is 643 g/mol. The largest absolute Gasteiger partial charge is 0.497 e. The molecular formula is C36H46FN7O3. The Balaban J connectivity index is 1.19. The molecule has 0 unspecified atom stereocenters. The number of aliphatic imine (C=N–C) groups is 1. The van der Waals surface area contributed by atoms with Crippen LogP contribution in [-0.2, 0) is 17.8 Å². The molecule has 250 valence electrons. The Kier molecular flexibility index (Phi) is 8.12. The first-order chi connectivity index (χ1) is 22.5. The van der Waals surface area contributed by atoms with Gasteiger partial charge in [-0.05, 0) is 92.0 Å². The lowest BCUT2D eigenvalue weighted by Gasteiger charge is -2.61. The van der Waals surface area contributed by atoms with Crippen molar-refractivity contribution >= 4 is 34.4 Å². The predicted molar refractivity (Wildman–Crippen MR) is 182 cm³/mol. The topological polar surface area (TPSA) is 113 Å². The summed E-state index contributed by atoms with van der Waals surface area (Å²) in [5, 5.41) is 10.5. The number of ether oxygens (including phenoxy) is 1. The van der Waals surface area contributed by atoms with Gasteiger partial charge < -0.3 is 25.6 Å². The summed E-state index contributed by atoms with van der Waals surface area (Å²) in [4.78, 5) is 38.7. The zero-order valence-electron chi connectivity index (χ0n) is 28.0. The van der Waals surface area contributed by atoms with Crippen molar-refractivity contribution in [2.24, 2.45) is 28.2 Å². The van der Waals surface area contributed by atoms with E-state index in [0.717, 1.165) is 24.9 Å². The van der Waals surface area contributed by atoms with Crippen molar-refractivity contribution in [1.29, 1.82) is 0 Å². The first-order valence-corrected chi connectivity index (χ1v) is 17.0. The van der Waals surface area contributed by atoms with E-state index in [2.05, 4.69) is 36.7 Å². The fourth-order valence-electron chi connectivity index (χ4n) is 7.98. The number of anilines is 2. The van der Waals surface area contributed by atoms with Crippen LogP contribution in [0.4, 0.5) is 16.0 Å². The summed E-state index contributed by atoms with van der Waals surface area (Å²) in [5.74, 6) is 3.00. The van der Waals surface area contributed by atoms with Crippen LogP contribution in [-0.4, -0.2) is 64.6 Å². The van der Waals surface area contributed by atoms with Crippen LogP contribution in [0.25, 0.3) is 10.9 Å². The maximum Gasteiger partial charge on any atom is 0.262 e. The quantitative estimate of drug-likeness (QED) is 0.234. The van der Waals surface area contributed by atoms with Crippen LogP contribution in [0, 0.1) is 29.0 Å². The summed E-state index contributed by atoms with van der Waals surface area (Å²) in [7, 11) is 1.51. The number of nitrogens with one attached hydrogen (secondary N) is 3. The molecule has 0 radical (unpaired) electrons. The Morgan fingerprint density at radius 1 is 1.15 bits per heavy atom. The van der Waals surface area contributed by atoms with Crippen LogP contribution in [0.15, 0.2) is 46.2 Å². The second kappa shape index (κ2) is 12.1. The molecule has 0 spiro atoms. The second-order valence-electron chi connectivity index (χ2n) is 14.7. The number of aryl methyl sites for hydroxylation is 1. The van der Waals surface area contributed by atoms with E-state index in [0.29, 0.717) is 70.3 Å². The van der Waals surface area contributed by atoms with Crippen LogP contribution in [0.3, 0.4) is 0 Å². The normalized spacial score (nSPS) is 26.9. The van der Waals surface area contributed by atoms with Crippen LogP contribution < -0.4 is 26.2 Å². The van der Waals surface area contributed by atoms with Gasteiger partial charge in [0.2, 0.25) is 11.9 Å². The first kappa shape index (κ1) is 31.4.